The van der Waals surface area contributed by atoms with E-state index in [-0.39, 0.29) is 0 Å². The quantitative estimate of drug-likeness (QED) is 0.349. The molecule has 0 heterocycles. The number of thioether (sulfide) groups is 2. The van der Waals surface area contributed by atoms with Crippen molar-refractivity contribution in [1.82, 2.24) is 0 Å². The molecule has 0 bridgehead atoms. The van der Waals surface area contributed by atoms with Crippen LogP contribution >= 0.6 is 23.5 Å². The Morgan fingerprint density at radius 2 is 1.32 bits per heavy atom. The molecule has 6 N–H and O–H groups in total. The van der Waals surface area contributed by atoms with Gasteiger partial charge in [-0.1, -0.05) is 54.7 Å². The smallest absolute Gasteiger partial charge is 0.0737 e. The largest absolute Gasteiger partial charge is 0.398 e. The van der Waals surface area contributed by atoms with Crippen LogP contribution in [0.5, 0.6) is 0 Å². The molecule has 132 valence electrons. The first kappa shape index (κ1) is 19.3. The second-order valence-electron chi connectivity index (χ2n) is 5.66. The summed E-state index contributed by atoms with van der Waals surface area (Å²) in [5, 5.41) is 0.774. The van der Waals surface area contributed by atoms with E-state index in [1.165, 1.54) is 22.2 Å². The molecule has 0 aliphatic heterocycles. The number of para-hydroxylation sites is 2. The summed E-state index contributed by atoms with van der Waals surface area (Å²) in [6, 6.07) is 15.7. The molecule has 2 aromatic rings. The highest BCUT2D eigenvalue weighted by Crippen LogP contribution is 2.38. The molecule has 0 atom stereocenters. The first-order chi connectivity index (χ1) is 11.9. The minimum absolute atomic E-state index is 0.744. The van der Waals surface area contributed by atoms with Crippen molar-refractivity contribution in [1.29, 1.82) is 0 Å². The summed E-state index contributed by atoms with van der Waals surface area (Å²) >= 11 is 3.20. The lowest BCUT2D eigenvalue weighted by Gasteiger charge is -2.15. The standard InChI is InChI=1S/C20H25N3S2/c1-4-15(14(3)24-18-11-7-5-9-16(18)21)13(2)20(23)25-19-12-8-6-10-17(19)22/h5-12H,4,21-23H2,1-3H3/b15-14+,20-13+. The summed E-state index contributed by atoms with van der Waals surface area (Å²) in [5.41, 5.74) is 22.3. The van der Waals surface area contributed by atoms with Crippen LogP contribution in [0.4, 0.5) is 11.4 Å². The van der Waals surface area contributed by atoms with Crippen LogP contribution in [0.25, 0.3) is 0 Å². The highest BCUT2D eigenvalue weighted by atomic mass is 32.2. The summed E-state index contributed by atoms with van der Waals surface area (Å²) in [6.45, 7) is 6.33. The molecule has 2 rings (SSSR count). The zero-order chi connectivity index (χ0) is 18.4. The van der Waals surface area contributed by atoms with Crippen molar-refractivity contribution in [2.24, 2.45) is 5.73 Å². The molecular formula is C20H25N3S2. The van der Waals surface area contributed by atoms with Crippen molar-refractivity contribution in [2.75, 3.05) is 11.5 Å². The van der Waals surface area contributed by atoms with Gasteiger partial charge in [0.25, 0.3) is 0 Å². The molecule has 0 saturated carbocycles. The van der Waals surface area contributed by atoms with E-state index in [1.807, 2.05) is 48.5 Å². The number of benzene rings is 2. The van der Waals surface area contributed by atoms with Crippen molar-refractivity contribution < 1.29 is 0 Å². The van der Waals surface area contributed by atoms with Gasteiger partial charge in [-0.2, -0.15) is 0 Å². The minimum atomic E-state index is 0.744. The average Bonchev–Trinajstić information content (AvgIpc) is 2.59. The maximum Gasteiger partial charge on any atom is 0.0737 e. The highest BCUT2D eigenvalue weighted by molar-refractivity contribution is 8.03. The van der Waals surface area contributed by atoms with Gasteiger partial charge in [0.15, 0.2) is 0 Å². The molecule has 0 aliphatic rings. The van der Waals surface area contributed by atoms with Crippen LogP contribution in [0.3, 0.4) is 0 Å². The van der Waals surface area contributed by atoms with E-state index in [4.69, 9.17) is 17.2 Å². The van der Waals surface area contributed by atoms with Gasteiger partial charge in [0.05, 0.1) is 5.03 Å². The third kappa shape index (κ3) is 5.00. The van der Waals surface area contributed by atoms with Gasteiger partial charge in [-0.15, -0.1) is 0 Å². The molecule has 0 amide bonds. The van der Waals surface area contributed by atoms with Crippen molar-refractivity contribution in [2.45, 2.75) is 37.0 Å². The lowest BCUT2D eigenvalue weighted by Crippen LogP contribution is -2.01. The Morgan fingerprint density at radius 3 is 1.80 bits per heavy atom. The molecule has 3 nitrogen and oxygen atoms in total. The molecular weight excluding hydrogens is 346 g/mol. The van der Waals surface area contributed by atoms with Crippen LogP contribution in [0.1, 0.15) is 27.2 Å². The first-order valence-electron chi connectivity index (χ1n) is 8.15. The fraction of sp³-hybridized carbons (Fsp3) is 0.200. The number of hydrogen-bond donors (Lipinski definition) is 3. The molecule has 0 saturated heterocycles. The van der Waals surface area contributed by atoms with Crippen LogP contribution in [0, 0.1) is 0 Å². The Balaban J connectivity index is 2.30. The molecule has 0 aromatic heterocycles. The van der Waals surface area contributed by atoms with Gasteiger partial charge in [-0.25, -0.2) is 0 Å². The van der Waals surface area contributed by atoms with E-state index in [9.17, 15) is 0 Å². The molecule has 0 aliphatic carbocycles. The highest BCUT2D eigenvalue weighted by Gasteiger charge is 2.11. The van der Waals surface area contributed by atoms with Crippen molar-refractivity contribution in [3.05, 3.63) is 69.6 Å². The van der Waals surface area contributed by atoms with Crippen molar-refractivity contribution >= 4 is 34.9 Å². The summed E-state index contributed by atoms with van der Waals surface area (Å²) in [6.07, 6.45) is 0.906. The predicted molar refractivity (Wildman–Crippen MR) is 113 cm³/mol. The number of allylic oxidation sites excluding steroid dienone is 3. The zero-order valence-corrected chi connectivity index (χ0v) is 16.5. The molecule has 0 fully saturated rings. The number of nitrogen functional groups attached to an aromatic ring is 2. The molecule has 25 heavy (non-hydrogen) atoms. The first-order valence-corrected chi connectivity index (χ1v) is 9.78. The van der Waals surface area contributed by atoms with Gasteiger partial charge in [0.2, 0.25) is 0 Å². The summed E-state index contributed by atoms with van der Waals surface area (Å²) in [7, 11) is 0. The Kier molecular flexibility index (Phi) is 6.91. The van der Waals surface area contributed by atoms with E-state index in [0.29, 0.717) is 0 Å². The van der Waals surface area contributed by atoms with Crippen molar-refractivity contribution in [3.8, 4) is 0 Å². The predicted octanol–water partition coefficient (Wildman–Crippen LogP) is 5.61. The van der Waals surface area contributed by atoms with Crippen LogP contribution in [-0.4, -0.2) is 0 Å². The van der Waals surface area contributed by atoms with Crippen LogP contribution in [0.2, 0.25) is 0 Å². The van der Waals surface area contributed by atoms with E-state index >= 15 is 0 Å². The number of nitrogens with two attached hydrogens (primary N) is 3. The number of rotatable bonds is 6. The summed E-state index contributed by atoms with van der Waals surface area (Å²) < 4.78 is 0. The zero-order valence-electron chi connectivity index (χ0n) is 14.9. The molecule has 0 spiro atoms. The molecule has 0 unspecified atom stereocenters. The maximum atomic E-state index is 6.37. The van der Waals surface area contributed by atoms with E-state index < -0.39 is 0 Å². The van der Waals surface area contributed by atoms with Crippen molar-refractivity contribution in [3.63, 3.8) is 0 Å². The fourth-order valence-electron chi connectivity index (χ4n) is 2.50. The minimum Gasteiger partial charge on any atom is -0.398 e. The molecule has 2 aromatic carbocycles. The Bertz CT molecular complexity index is 810. The Morgan fingerprint density at radius 1 is 0.840 bits per heavy atom. The van der Waals surface area contributed by atoms with Gasteiger partial charge >= 0.3 is 0 Å². The lowest BCUT2D eigenvalue weighted by molar-refractivity contribution is 1.08. The van der Waals surface area contributed by atoms with Gasteiger partial charge in [-0.3, -0.25) is 0 Å². The Labute approximate surface area is 158 Å². The van der Waals surface area contributed by atoms with Gasteiger partial charge in [-0.05, 0) is 60.6 Å². The van der Waals surface area contributed by atoms with Crippen LogP contribution in [0.15, 0.2) is 79.4 Å². The third-order valence-corrected chi connectivity index (χ3v) is 6.18. The van der Waals surface area contributed by atoms with Crippen LogP contribution in [-0.2, 0) is 0 Å². The van der Waals surface area contributed by atoms with E-state index in [2.05, 4.69) is 20.8 Å². The molecule has 0 radical (unpaired) electrons. The second-order valence-corrected chi connectivity index (χ2v) is 8.00. The van der Waals surface area contributed by atoms with E-state index in [1.54, 1.807) is 11.8 Å². The third-order valence-electron chi connectivity index (χ3n) is 3.92. The van der Waals surface area contributed by atoms with Gasteiger partial charge < -0.3 is 17.2 Å². The number of anilines is 2. The van der Waals surface area contributed by atoms with E-state index in [0.717, 1.165) is 38.2 Å². The normalized spacial score (nSPS) is 13.2. The average molecular weight is 372 g/mol. The fourth-order valence-corrected chi connectivity index (χ4v) is 4.42. The van der Waals surface area contributed by atoms with Gasteiger partial charge in [0, 0.05) is 21.2 Å². The number of hydrogen-bond acceptors (Lipinski definition) is 5. The molecule has 5 heteroatoms. The summed E-state index contributed by atoms with van der Waals surface area (Å²) in [5.74, 6) is 0. The SMILES string of the molecule is CCC(=C(/C)Sc1ccccc1N)/C(C)=C(\N)Sc1ccccc1N. The lowest BCUT2D eigenvalue weighted by atomic mass is 10.1. The Hall–Kier alpha value is -1.98. The van der Waals surface area contributed by atoms with Gasteiger partial charge in [0.1, 0.15) is 0 Å². The monoisotopic (exact) mass is 371 g/mol. The van der Waals surface area contributed by atoms with Crippen LogP contribution < -0.4 is 17.2 Å². The topological polar surface area (TPSA) is 78.1 Å². The second kappa shape index (κ2) is 8.92. The maximum absolute atomic E-state index is 6.37. The summed E-state index contributed by atoms with van der Waals surface area (Å²) in [4.78, 5) is 3.26.